The average Bonchev–Trinajstić information content (AvgIpc) is 3.04. The van der Waals surface area contributed by atoms with E-state index in [1.54, 1.807) is 17.1 Å². The van der Waals surface area contributed by atoms with Gasteiger partial charge in [0, 0.05) is 25.8 Å². The van der Waals surface area contributed by atoms with Crippen LogP contribution in [0, 0.1) is 0 Å². The Hall–Kier alpha value is -2.12. The van der Waals surface area contributed by atoms with Gasteiger partial charge in [0.1, 0.15) is 6.04 Å². The fraction of sp³-hybridized carbons (Fsp3) is 0.636. The molecule has 0 aromatic carbocycles. The SMILES string of the molecule is O=C(O)[C@H]1CCCN1C(=O)NCCCn1ccnn1. The first kappa shape index (κ1) is 13.3. The number of aromatic nitrogens is 3. The molecule has 8 nitrogen and oxygen atoms in total. The van der Waals surface area contributed by atoms with Gasteiger partial charge in [0.25, 0.3) is 0 Å². The number of aliphatic carboxylic acids is 1. The van der Waals surface area contributed by atoms with Crippen LogP contribution in [0.5, 0.6) is 0 Å². The first-order valence-corrected chi connectivity index (χ1v) is 6.30. The van der Waals surface area contributed by atoms with Gasteiger partial charge in [0.05, 0.1) is 6.20 Å². The molecule has 0 bridgehead atoms. The normalized spacial score (nSPS) is 18.5. The van der Waals surface area contributed by atoms with Gasteiger partial charge in [0.15, 0.2) is 0 Å². The molecule has 0 radical (unpaired) electrons. The summed E-state index contributed by atoms with van der Waals surface area (Å²) in [6, 6.07) is -0.987. The molecule has 104 valence electrons. The quantitative estimate of drug-likeness (QED) is 0.727. The summed E-state index contributed by atoms with van der Waals surface area (Å²) < 4.78 is 1.68. The second-order valence-corrected chi connectivity index (χ2v) is 4.44. The molecule has 0 spiro atoms. The number of likely N-dealkylation sites (tertiary alicyclic amines) is 1. The first-order chi connectivity index (χ1) is 9.18. The third-order valence-electron chi connectivity index (χ3n) is 3.11. The van der Waals surface area contributed by atoms with Crippen molar-refractivity contribution in [1.82, 2.24) is 25.2 Å². The molecule has 2 amide bonds. The number of hydrogen-bond acceptors (Lipinski definition) is 4. The van der Waals surface area contributed by atoms with Gasteiger partial charge in [-0.2, -0.15) is 0 Å². The lowest BCUT2D eigenvalue weighted by Crippen LogP contribution is -2.46. The monoisotopic (exact) mass is 267 g/mol. The van der Waals surface area contributed by atoms with Crippen molar-refractivity contribution in [2.45, 2.75) is 31.8 Å². The number of carbonyl (C=O) groups excluding carboxylic acids is 1. The molecular formula is C11H17N5O3. The summed E-state index contributed by atoms with van der Waals surface area (Å²) in [5, 5.41) is 19.2. The number of amides is 2. The molecule has 2 rings (SSSR count). The molecule has 1 saturated heterocycles. The first-order valence-electron chi connectivity index (χ1n) is 6.30. The van der Waals surface area contributed by atoms with Gasteiger partial charge in [-0.1, -0.05) is 5.21 Å². The van der Waals surface area contributed by atoms with E-state index in [0.717, 1.165) is 12.8 Å². The second-order valence-electron chi connectivity index (χ2n) is 4.44. The van der Waals surface area contributed by atoms with Crippen molar-refractivity contribution in [3.63, 3.8) is 0 Å². The van der Waals surface area contributed by atoms with Crippen molar-refractivity contribution in [2.24, 2.45) is 0 Å². The van der Waals surface area contributed by atoms with Crippen LogP contribution in [0.4, 0.5) is 4.79 Å². The van der Waals surface area contributed by atoms with E-state index in [-0.39, 0.29) is 6.03 Å². The van der Waals surface area contributed by atoms with Crippen molar-refractivity contribution >= 4 is 12.0 Å². The summed E-state index contributed by atoms with van der Waals surface area (Å²) in [4.78, 5) is 24.2. The number of aryl methyl sites for hydroxylation is 1. The third kappa shape index (κ3) is 3.43. The Labute approximate surface area is 110 Å². The van der Waals surface area contributed by atoms with Crippen molar-refractivity contribution in [3.05, 3.63) is 12.4 Å². The number of carboxylic acid groups (broad SMARTS) is 1. The molecule has 1 aromatic heterocycles. The van der Waals surface area contributed by atoms with Gasteiger partial charge >= 0.3 is 12.0 Å². The Morgan fingerprint density at radius 2 is 2.32 bits per heavy atom. The molecule has 1 aliphatic heterocycles. The highest BCUT2D eigenvalue weighted by Gasteiger charge is 2.33. The van der Waals surface area contributed by atoms with Gasteiger partial charge in [-0.05, 0) is 19.3 Å². The van der Waals surface area contributed by atoms with Crippen LogP contribution in [0.2, 0.25) is 0 Å². The number of carboxylic acids is 1. The van der Waals surface area contributed by atoms with E-state index in [2.05, 4.69) is 15.6 Å². The number of carbonyl (C=O) groups is 2. The summed E-state index contributed by atoms with van der Waals surface area (Å²) in [5.74, 6) is -0.935. The molecule has 1 aromatic rings. The van der Waals surface area contributed by atoms with Crippen molar-refractivity contribution in [2.75, 3.05) is 13.1 Å². The average molecular weight is 267 g/mol. The molecule has 19 heavy (non-hydrogen) atoms. The second kappa shape index (κ2) is 6.17. The molecule has 1 atom stereocenters. The summed E-state index contributed by atoms with van der Waals surface area (Å²) in [6.45, 7) is 1.66. The van der Waals surface area contributed by atoms with Crippen LogP contribution >= 0.6 is 0 Å². The van der Waals surface area contributed by atoms with E-state index >= 15 is 0 Å². The summed E-state index contributed by atoms with van der Waals surface area (Å²) >= 11 is 0. The molecule has 1 fully saturated rings. The number of hydrogen-bond donors (Lipinski definition) is 2. The minimum Gasteiger partial charge on any atom is -0.480 e. The Kier molecular flexibility index (Phi) is 4.32. The van der Waals surface area contributed by atoms with Crippen LogP contribution in [0.15, 0.2) is 12.4 Å². The lowest BCUT2D eigenvalue weighted by molar-refractivity contribution is -0.141. The van der Waals surface area contributed by atoms with E-state index in [9.17, 15) is 9.59 Å². The molecule has 0 aliphatic carbocycles. The van der Waals surface area contributed by atoms with Crippen LogP contribution < -0.4 is 5.32 Å². The highest BCUT2D eigenvalue weighted by Crippen LogP contribution is 2.17. The summed E-state index contributed by atoms with van der Waals surface area (Å²) in [6.07, 6.45) is 5.34. The van der Waals surface area contributed by atoms with Gasteiger partial charge < -0.3 is 15.3 Å². The van der Waals surface area contributed by atoms with E-state index in [0.29, 0.717) is 26.1 Å². The fourth-order valence-corrected chi connectivity index (χ4v) is 2.16. The number of nitrogens with one attached hydrogen (secondary N) is 1. The predicted molar refractivity (Wildman–Crippen MR) is 65.4 cm³/mol. The van der Waals surface area contributed by atoms with E-state index in [1.165, 1.54) is 4.90 Å². The zero-order chi connectivity index (χ0) is 13.7. The minimum absolute atomic E-state index is 0.302. The maximum Gasteiger partial charge on any atom is 0.326 e. The lowest BCUT2D eigenvalue weighted by atomic mass is 10.2. The molecule has 8 heteroatoms. The van der Waals surface area contributed by atoms with Crippen molar-refractivity contribution in [3.8, 4) is 0 Å². The van der Waals surface area contributed by atoms with E-state index < -0.39 is 12.0 Å². The van der Waals surface area contributed by atoms with Crippen LogP contribution in [0.1, 0.15) is 19.3 Å². The number of nitrogens with zero attached hydrogens (tertiary/aromatic N) is 4. The standard InChI is InChI=1S/C11H17N5O3/c17-10(18)9-3-1-7-16(9)11(19)12-4-2-6-15-8-5-13-14-15/h5,8-9H,1-4,6-7H2,(H,12,19)(H,17,18)/t9-/m1/s1. The van der Waals surface area contributed by atoms with E-state index in [1.807, 2.05) is 0 Å². The summed E-state index contributed by atoms with van der Waals surface area (Å²) in [7, 11) is 0. The van der Waals surface area contributed by atoms with E-state index in [4.69, 9.17) is 5.11 Å². The van der Waals surface area contributed by atoms with Crippen LogP contribution in [0.25, 0.3) is 0 Å². The molecule has 0 saturated carbocycles. The van der Waals surface area contributed by atoms with Gasteiger partial charge in [-0.25, -0.2) is 9.59 Å². The van der Waals surface area contributed by atoms with Crippen LogP contribution in [-0.4, -0.2) is 56.1 Å². The fourth-order valence-electron chi connectivity index (χ4n) is 2.16. The Morgan fingerprint density at radius 3 is 3.00 bits per heavy atom. The highest BCUT2D eigenvalue weighted by molar-refractivity contribution is 5.83. The van der Waals surface area contributed by atoms with Crippen LogP contribution in [-0.2, 0) is 11.3 Å². The molecule has 2 heterocycles. The van der Waals surface area contributed by atoms with Crippen molar-refractivity contribution in [1.29, 1.82) is 0 Å². The molecular weight excluding hydrogens is 250 g/mol. The lowest BCUT2D eigenvalue weighted by Gasteiger charge is -2.21. The Balaban J connectivity index is 1.70. The molecule has 2 N–H and O–H groups in total. The summed E-state index contributed by atoms with van der Waals surface area (Å²) in [5.41, 5.74) is 0. The topological polar surface area (TPSA) is 100 Å². The van der Waals surface area contributed by atoms with Crippen LogP contribution in [0.3, 0.4) is 0 Å². The smallest absolute Gasteiger partial charge is 0.326 e. The minimum atomic E-state index is -0.935. The highest BCUT2D eigenvalue weighted by atomic mass is 16.4. The molecule has 1 aliphatic rings. The maximum absolute atomic E-state index is 11.8. The number of rotatable bonds is 5. The third-order valence-corrected chi connectivity index (χ3v) is 3.11. The van der Waals surface area contributed by atoms with Gasteiger partial charge in [0.2, 0.25) is 0 Å². The van der Waals surface area contributed by atoms with Gasteiger partial charge in [-0.15, -0.1) is 5.10 Å². The largest absolute Gasteiger partial charge is 0.480 e. The zero-order valence-corrected chi connectivity index (χ0v) is 10.5. The Morgan fingerprint density at radius 1 is 1.47 bits per heavy atom. The predicted octanol–water partition coefficient (Wildman–Crippen LogP) is -0.0732. The maximum atomic E-state index is 11.8. The van der Waals surface area contributed by atoms with Gasteiger partial charge in [-0.3, -0.25) is 4.68 Å². The number of urea groups is 1. The molecule has 0 unspecified atom stereocenters. The Bertz CT molecular complexity index is 434. The van der Waals surface area contributed by atoms with Crippen molar-refractivity contribution < 1.29 is 14.7 Å². The zero-order valence-electron chi connectivity index (χ0n) is 10.5.